The van der Waals surface area contributed by atoms with E-state index >= 15 is 0 Å². The van der Waals surface area contributed by atoms with Gasteiger partial charge in [-0.2, -0.15) is 0 Å². The van der Waals surface area contributed by atoms with Crippen LogP contribution in [0.1, 0.15) is 40.5 Å². The van der Waals surface area contributed by atoms with E-state index in [0.29, 0.717) is 16.4 Å². The number of carbonyl (C=O) groups is 1. The van der Waals surface area contributed by atoms with Gasteiger partial charge < -0.3 is 15.1 Å². The number of rotatable bonds is 8. The molecule has 2 heterocycles. The highest BCUT2D eigenvalue weighted by Gasteiger charge is 2.40. The topological polar surface area (TPSA) is 87.9 Å². The molecule has 1 fully saturated rings. The second kappa shape index (κ2) is 7.43. The minimum absolute atomic E-state index is 0.127. The van der Waals surface area contributed by atoms with Crippen LogP contribution in [0.3, 0.4) is 0 Å². The Bertz CT molecular complexity index is 575. The summed E-state index contributed by atoms with van der Waals surface area (Å²) in [6.07, 6.45) is 3.71. The fourth-order valence-corrected chi connectivity index (χ4v) is 2.86. The van der Waals surface area contributed by atoms with Crippen LogP contribution in [0.2, 0.25) is 0 Å². The average Bonchev–Trinajstić information content (AvgIpc) is 3.08. The second-order valence-electron chi connectivity index (χ2n) is 8.20. The van der Waals surface area contributed by atoms with Crippen LogP contribution in [0.25, 0.3) is 0 Å². The maximum absolute atomic E-state index is 12.6. The van der Waals surface area contributed by atoms with Crippen LogP contribution < -0.4 is 5.32 Å². The molecule has 0 aromatic heterocycles. The summed E-state index contributed by atoms with van der Waals surface area (Å²) < 4.78 is 6.08. The number of likely N-dealkylation sites (N-methyl/N-ethyl adjacent to an activating group) is 1. The molecule has 1 saturated heterocycles. The first-order valence-corrected chi connectivity index (χ1v) is 8.87. The zero-order valence-electron chi connectivity index (χ0n) is 16.0. The molecule has 0 aromatic carbocycles. The fourth-order valence-electron chi connectivity index (χ4n) is 2.86. The highest BCUT2D eigenvalue weighted by Crippen LogP contribution is 2.25. The summed E-state index contributed by atoms with van der Waals surface area (Å²) in [4.78, 5) is 14.6. The third-order valence-electron chi connectivity index (χ3n) is 5.45. The third kappa shape index (κ3) is 4.22. The molecule has 142 valence electrons. The molecule has 1 amide bonds. The Balaban J connectivity index is 1.90. The normalized spacial score (nSPS) is 21.4. The largest absolute Gasteiger partial charge is 0.710 e. The molecule has 7 heteroatoms. The van der Waals surface area contributed by atoms with Crippen molar-refractivity contribution in [1.82, 2.24) is 10.2 Å². The van der Waals surface area contributed by atoms with Crippen molar-refractivity contribution in [3.8, 4) is 0 Å². The third-order valence-corrected chi connectivity index (χ3v) is 5.45. The molecule has 0 radical (unpaired) electrons. The standard InChI is InChI=1S/C18H31N3O4/c1-17(2,12-22)14-10-15(21(14)24)19-16(23)18(3,4)20(5)8-6-13-7-9-25-11-13/h10,13,22H,6-9,11-12H2,1-5H3,(H,19,23)/t13-/m0/s1. The minimum atomic E-state index is -0.733. The zero-order valence-corrected chi connectivity index (χ0v) is 16.0. The van der Waals surface area contributed by atoms with Gasteiger partial charge in [0.15, 0.2) is 0 Å². The Morgan fingerprint density at radius 3 is 2.68 bits per heavy atom. The van der Waals surface area contributed by atoms with Crippen molar-refractivity contribution in [2.75, 3.05) is 33.4 Å². The van der Waals surface area contributed by atoms with Crippen molar-refractivity contribution in [3.63, 3.8) is 0 Å². The number of hydrogen-bond acceptors (Lipinski definition) is 5. The Morgan fingerprint density at radius 1 is 1.48 bits per heavy atom. The van der Waals surface area contributed by atoms with Gasteiger partial charge in [-0.05, 0) is 46.2 Å². The number of allylic oxidation sites excluding steroid dienone is 1. The number of nitrogens with one attached hydrogen (secondary N) is 1. The number of aliphatic hydroxyl groups excluding tert-OH is 1. The van der Waals surface area contributed by atoms with E-state index in [2.05, 4.69) is 5.32 Å². The van der Waals surface area contributed by atoms with Crippen LogP contribution >= 0.6 is 0 Å². The van der Waals surface area contributed by atoms with E-state index in [1.54, 1.807) is 19.9 Å². The monoisotopic (exact) mass is 353 g/mol. The Morgan fingerprint density at radius 2 is 2.16 bits per heavy atom. The highest BCUT2D eigenvalue weighted by atomic mass is 16.5. The van der Waals surface area contributed by atoms with E-state index in [-0.39, 0.29) is 18.3 Å². The summed E-state index contributed by atoms with van der Waals surface area (Å²) in [7, 11) is 1.92. The molecule has 0 spiro atoms. The second-order valence-corrected chi connectivity index (χ2v) is 8.20. The molecule has 2 aliphatic rings. The molecule has 0 aliphatic carbocycles. The lowest BCUT2D eigenvalue weighted by atomic mass is 9.86. The lowest BCUT2D eigenvalue weighted by Gasteiger charge is -2.35. The molecule has 7 nitrogen and oxygen atoms in total. The van der Waals surface area contributed by atoms with Crippen LogP contribution in [-0.2, 0) is 9.53 Å². The summed E-state index contributed by atoms with van der Waals surface area (Å²) >= 11 is 0. The quantitative estimate of drug-likeness (QED) is 0.503. The molecule has 0 saturated carbocycles. The van der Waals surface area contributed by atoms with Crippen LogP contribution in [0, 0.1) is 16.5 Å². The maximum Gasteiger partial charge on any atom is 0.327 e. The molecule has 1 atom stereocenters. The summed E-state index contributed by atoms with van der Waals surface area (Å²) in [5, 5.41) is 24.2. The maximum atomic E-state index is 12.6. The van der Waals surface area contributed by atoms with E-state index in [1.165, 1.54) is 0 Å². The molecular formula is C18H31N3O4. The van der Waals surface area contributed by atoms with Crippen LogP contribution in [0.5, 0.6) is 0 Å². The van der Waals surface area contributed by atoms with Gasteiger partial charge in [0, 0.05) is 13.2 Å². The van der Waals surface area contributed by atoms with E-state index in [1.807, 2.05) is 25.8 Å². The van der Waals surface area contributed by atoms with Crippen molar-refractivity contribution in [2.45, 2.75) is 46.1 Å². The number of nitrogens with zero attached hydrogens (tertiary/aromatic N) is 2. The first-order chi connectivity index (χ1) is 11.6. The van der Waals surface area contributed by atoms with E-state index in [0.717, 1.165) is 32.6 Å². The lowest BCUT2D eigenvalue weighted by molar-refractivity contribution is -0.424. The molecule has 25 heavy (non-hydrogen) atoms. The molecule has 0 unspecified atom stereocenters. The van der Waals surface area contributed by atoms with Gasteiger partial charge in [0.25, 0.3) is 5.82 Å². The van der Waals surface area contributed by atoms with Crippen molar-refractivity contribution in [2.24, 2.45) is 11.3 Å². The fraction of sp³-hybridized carbons (Fsp3) is 0.778. The number of ether oxygens (including phenoxy) is 1. The summed E-state index contributed by atoms with van der Waals surface area (Å²) in [6, 6.07) is 0. The lowest BCUT2D eigenvalue weighted by Crippen LogP contribution is -2.55. The number of hydrogen-bond donors (Lipinski definition) is 2. The van der Waals surface area contributed by atoms with Gasteiger partial charge in [0.05, 0.1) is 18.1 Å². The Hall–Kier alpha value is -1.44. The Labute approximate surface area is 149 Å². The molecule has 2 rings (SSSR count). The van der Waals surface area contributed by atoms with Gasteiger partial charge in [-0.25, -0.2) is 14.9 Å². The van der Waals surface area contributed by atoms with E-state index < -0.39 is 11.0 Å². The number of carbonyl (C=O) groups excluding carboxylic acids is 1. The van der Waals surface area contributed by atoms with Gasteiger partial charge in [0.2, 0.25) is 0 Å². The van der Waals surface area contributed by atoms with Gasteiger partial charge >= 0.3 is 5.91 Å². The predicted octanol–water partition coefficient (Wildman–Crippen LogP) is 1.06. The SMILES string of the molecule is CN(CC[C@H]1CCOC1)C(C)(C)C(=O)NC1=CC(C(C)(C)CO)=[N+]1[O-]. The summed E-state index contributed by atoms with van der Waals surface area (Å²) in [6.45, 7) is 9.57. The first-order valence-electron chi connectivity index (χ1n) is 8.87. The predicted molar refractivity (Wildman–Crippen MR) is 96.0 cm³/mol. The van der Waals surface area contributed by atoms with E-state index in [4.69, 9.17) is 4.74 Å². The van der Waals surface area contributed by atoms with Crippen molar-refractivity contribution >= 4 is 11.6 Å². The van der Waals surface area contributed by atoms with E-state index in [9.17, 15) is 15.1 Å². The van der Waals surface area contributed by atoms with Gasteiger partial charge in [-0.1, -0.05) is 13.8 Å². The molecule has 0 aromatic rings. The van der Waals surface area contributed by atoms with Crippen molar-refractivity contribution in [3.05, 3.63) is 17.1 Å². The molecule has 2 aliphatic heterocycles. The Kier molecular flexibility index (Phi) is 5.91. The first kappa shape index (κ1) is 19.9. The van der Waals surface area contributed by atoms with Gasteiger partial charge in [0.1, 0.15) is 11.3 Å². The zero-order chi connectivity index (χ0) is 18.8. The number of aliphatic hydroxyl groups is 1. The van der Waals surface area contributed by atoms with Crippen LogP contribution in [0.15, 0.2) is 11.9 Å². The molecular weight excluding hydrogens is 322 g/mol. The summed E-state index contributed by atoms with van der Waals surface area (Å²) in [5.41, 5.74) is -0.882. The molecule has 2 N–H and O–H groups in total. The summed E-state index contributed by atoms with van der Waals surface area (Å²) in [5.74, 6) is 0.573. The van der Waals surface area contributed by atoms with Crippen LogP contribution in [0.4, 0.5) is 0 Å². The van der Waals surface area contributed by atoms with Crippen molar-refractivity contribution in [1.29, 1.82) is 0 Å². The van der Waals surface area contributed by atoms with Crippen LogP contribution in [-0.4, -0.2) is 65.3 Å². The van der Waals surface area contributed by atoms with Crippen molar-refractivity contribution < 1.29 is 19.4 Å². The minimum Gasteiger partial charge on any atom is -0.710 e. The smallest absolute Gasteiger partial charge is 0.327 e. The molecule has 0 bridgehead atoms. The van der Waals surface area contributed by atoms with Gasteiger partial charge in [-0.3, -0.25) is 4.90 Å². The van der Waals surface area contributed by atoms with Gasteiger partial charge in [-0.15, -0.1) is 0 Å². The number of hydroxylamine groups is 1. The highest BCUT2D eigenvalue weighted by molar-refractivity contribution is 6.00. The average molecular weight is 353 g/mol. The number of amides is 1.